The molecule has 0 radical (unpaired) electrons. The summed E-state index contributed by atoms with van der Waals surface area (Å²) in [6.45, 7) is 9.46. The molecule has 1 aromatic carbocycles. The van der Waals surface area contributed by atoms with Crippen molar-refractivity contribution in [3.05, 3.63) is 35.9 Å². The van der Waals surface area contributed by atoms with Crippen LogP contribution in [0.25, 0.3) is 0 Å². The smallest absolute Gasteiger partial charge is 0.0161 e. The van der Waals surface area contributed by atoms with Crippen molar-refractivity contribution in [2.45, 2.75) is 57.5 Å². The molecule has 0 saturated carbocycles. The fourth-order valence-electron chi connectivity index (χ4n) is 3.33. The van der Waals surface area contributed by atoms with Crippen molar-refractivity contribution in [3.63, 3.8) is 0 Å². The van der Waals surface area contributed by atoms with Crippen molar-refractivity contribution in [2.75, 3.05) is 7.05 Å². The van der Waals surface area contributed by atoms with E-state index in [1.165, 1.54) is 18.4 Å². The van der Waals surface area contributed by atoms with Gasteiger partial charge in [0.25, 0.3) is 0 Å². The minimum Gasteiger partial charge on any atom is -0.296 e. The van der Waals surface area contributed by atoms with Gasteiger partial charge in [-0.25, -0.2) is 0 Å². The van der Waals surface area contributed by atoms with Crippen molar-refractivity contribution in [2.24, 2.45) is 0 Å². The Labute approximate surface area is 106 Å². The van der Waals surface area contributed by atoms with Gasteiger partial charge < -0.3 is 0 Å². The number of nitrogens with zero attached hydrogens (tertiary/aromatic N) is 1. The molecule has 0 spiro atoms. The molecule has 17 heavy (non-hydrogen) atoms. The second-order valence-corrected chi connectivity index (χ2v) is 6.70. The third-order valence-electron chi connectivity index (χ3n) is 4.58. The monoisotopic (exact) mass is 231 g/mol. The zero-order chi connectivity index (χ0) is 12.7. The van der Waals surface area contributed by atoms with Crippen molar-refractivity contribution in [1.29, 1.82) is 0 Å². The molecule has 1 nitrogen and oxygen atoms in total. The number of likely N-dealkylation sites (tertiary alicyclic amines) is 1. The molecular weight excluding hydrogens is 206 g/mol. The van der Waals surface area contributed by atoms with E-state index in [0.29, 0.717) is 5.92 Å². The van der Waals surface area contributed by atoms with Gasteiger partial charge in [0.05, 0.1) is 0 Å². The van der Waals surface area contributed by atoms with Gasteiger partial charge in [-0.2, -0.15) is 0 Å². The molecule has 0 unspecified atom stereocenters. The summed E-state index contributed by atoms with van der Waals surface area (Å²) in [6, 6.07) is 11.0. The molecule has 1 heteroatoms. The molecule has 0 bridgehead atoms. The first-order valence-corrected chi connectivity index (χ1v) is 6.62. The van der Waals surface area contributed by atoms with Crippen LogP contribution in [0.2, 0.25) is 0 Å². The molecule has 0 atom stereocenters. The average Bonchev–Trinajstić information content (AvgIpc) is 2.26. The number of hydrogen-bond donors (Lipinski definition) is 0. The molecule has 1 fully saturated rings. The van der Waals surface area contributed by atoms with Gasteiger partial charge in [0.15, 0.2) is 0 Å². The van der Waals surface area contributed by atoms with E-state index in [1.54, 1.807) is 0 Å². The van der Waals surface area contributed by atoms with E-state index in [4.69, 9.17) is 0 Å². The first kappa shape index (κ1) is 12.6. The third kappa shape index (κ3) is 2.40. The Morgan fingerprint density at radius 2 is 1.41 bits per heavy atom. The molecule has 1 aliphatic rings. The summed E-state index contributed by atoms with van der Waals surface area (Å²) < 4.78 is 0. The lowest BCUT2D eigenvalue weighted by Crippen LogP contribution is -2.58. The Morgan fingerprint density at radius 3 is 1.88 bits per heavy atom. The van der Waals surface area contributed by atoms with Crippen LogP contribution in [0.15, 0.2) is 30.3 Å². The fourth-order valence-corrected chi connectivity index (χ4v) is 3.33. The largest absolute Gasteiger partial charge is 0.296 e. The van der Waals surface area contributed by atoms with Crippen LogP contribution >= 0.6 is 0 Å². The van der Waals surface area contributed by atoms with Gasteiger partial charge in [0.2, 0.25) is 0 Å². The predicted octanol–water partition coefficient (Wildman–Crippen LogP) is 4.05. The molecule has 1 aromatic rings. The van der Waals surface area contributed by atoms with Crippen LogP contribution in [0, 0.1) is 0 Å². The summed E-state index contributed by atoms with van der Waals surface area (Å²) in [5, 5.41) is 0. The Hall–Kier alpha value is -0.820. The zero-order valence-corrected chi connectivity index (χ0v) is 11.8. The molecule has 0 N–H and O–H groups in total. The van der Waals surface area contributed by atoms with Crippen LogP contribution in [0.4, 0.5) is 0 Å². The van der Waals surface area contributed by atoms with Crippen molar-refractivity contribution < 1.29 is 0 Å². The maximum Gasteiger partial charge on any atom is 0.0161 e. The van der Waals surface area contributed by atoms with Gasteiger partial charge in [-0.3, -0.25) is 4.90 Å². The van der Waals surface area contributed by atoms with Crippen molar-refractivity contribution in [3.8, 4) is 0 Å². The topological polar surface area (TPSA) is 3.24 Å². The second-order valence-electron chi connectivity index (χ2n) is 6.70. The minimum atomic E-state index is 0.280. The zero-order valence-electron chi connectivity index (χ0n) is 11.8. The summed E-state index contributed by atoms with van der Waals surface area (Å²) in [7, 11) is 2.27. The highest BCUT2D eigenvalue weighted by Gasteiger charge is 2.43. The highest BCUT2D eigenvalue weighted by Crippen LogP contribution is 2.44. The highest BCUT2D eigenvalue weighted by atomic mass is 15.2. The molecule has 94 valence electrons. The first-order chi connectivity index (χ1) is 7.83. The van der Waals surface area contributed by atoms with E-state index in [2.05, 4.69) is 70.0 Å². The van der Waals surface area contributed by atoms with Crippen LogP contribution in [-0.2, 0) is 0 Å². The van der Waals surface area contributed by atoms with E-state index < -0.39 is 0 Å². The lowest BCUT2D eigenvalue weighted by molar-refractivity contribution is -0.0128. The predicted molar refractivity (Wildman–Crippen MR) is 74.3 cm³/mol. The summed E-state index contributed by atoms with van der Waals surface area (Å²) >= 11 is 0. The van der Waals surface area contributed by atoms with Crippen molar-refractivity contribution in [1.82, 2.24) is 4.90 Å². The Bertz CT molecular complexity index is 360. The van der Waals surface area contributed by atoms with Crippen LogP contribution in [0.5, 0.6) is 0 Å². The van der Waals surface area contributed by atoms with E-state index in [0.717, 1.165) is 0 Å². The lowest BCUT2D eigenvalue weighted by atomic mass is 9.72. The maximum absolute atomic E-state index is 2.54. The van der Waals surface area contributed by atoms with E-state index in [1.807, 2.05) is 0 Å². The molecule has 1 aliphatic heterocycles. The summed E-state index contributed by atoms with van der Waals surface area (Å²) in [6.07, 6.45) is 2.49. The highest BCUT2D eigenvalue weighted by molar-refractivity contribution is 5.22. The maximum atomic E-state index is 2.54. The first-order valence-electron chi connectivity index (χ1n) is 6.62. The molecule has 0 aromatic heterocycles. The van der Waals surface area contributed by atoms with E-state index in [9.17, 15) is 0 Å². The SMILES string of the molecule is CN1C(C)(C)CC(c2ccccc2)CC1(C)C. The second kappa shape index (κ2) is 4.13. The van der Waals surface area contributed by atoms with Crippen LogP contribution in [-0.4, -0.2) is 23.0 Å². The number of hydrogen-bond acceptors (Lipinski definition) is 1. The van der Waals surface area contributed by atoms with Gasteiger partial charge >= 0.3 is 0 Å². The van der Waals surface area contributed by atoms with E-state index >= 15 is 0 Å². The molecular formula is C16H25N. The van der Waals surface area contributed by atoms with Gasteiger partial charge in [0, 0.05) is 11.1 Å². The normalized spacial score (nSPS) is 24.8. The molecule has 1 saturated heterocycles. The van der Waals surface area contributed by atoms with Gasteiger partial charge in [-0.05, 0) is 59.1 Å². The Kier molecular flexibility index (Phi) is 3.07. The Morgan fingerprint density at radius 1 is 0.941 bits per heavy atom. The van der Waals surface area contributed by atoms with Gasteiger partial charge in [-0.15, -0.1) is 0 Å². The summed E-state index contributed by atoms with van der Waals surface area (Å²) in [5.41, 5.74) is 2.06. The molecule has 1 heterocycles. The summed E-state index contributed by atoms with van der Waals surface area (Å²) in [4.78, 5) is 2.54. The van der Waals surface area contributed by atoms with E-state index in [-0.39, 0.29) is 11.1 Å². The van der Waals surface area contributed by atoms with Crippen LogP contribution in [0.1, 0.15) is 52.0 Å². The quantitative estimate of drug-likeness (QED) is 0.704. The number of benzene rings is 1. The molecule has 2 rings (SSSR count). The van der Waals surface area contributed by atoms with Crippen LogP contribution in [0.3, 0.4) is 0 Å². The summed E-state index contributed by atoms with van der Waals surface area (Å²) in [5.74, 6) is 0.692. The number of rotatable bonds is 1. The van der Waals surface area contributed by atoms with Crippen LogP contribution < -0.4 is 0 Å². The standard InChI is InChI=1S/C16H25N/c1-15(2)11-14(12-16(3,4)17(15)5)13-9-7-6-8-10-13/h6-10,14H,11-12H2,1-5H3. The molecule has 0 aliphatic carbocycles. The minimum absolute atomic E-state index is 0.280. The fraction of sp³-hybridized carbons (Fsp3) is 0.625. The number of piperidine rings is 1. The molecule has 0 amide bonds. The third-order valence-corrected chi connectivity index (χ3v) is 4.58. The Balaban J connectivity index is 2.28. The van der Waals surface area contributed by atoms with Gasteiger partial charge in [-0.1, -0.05) is 30.3 Å². The average molecular weight is 231 g/mol. The van der Waals surface area contributed by atoms with Crippen molar-refractivity contribution >= 4 is 0 Å². The van der Waals surface area contributed by atoms with Gasteiger partial charge in [0.1, 0.15) is 0 Å². The lowest BCUT2D eigenvalue weighted by Gasteiger charge is -2.54.